The third kappa shape index (κ3) is 1.89. The Morgan fingerprint density at radius 1 is 1.67 bits per heavy atom. The fourth-order valence-electron chi connectivity index (χ4n) is 1.56. The van der Waals surface area contributed by atoms with Crippen LogP contribution in [-0.2, 0) is 4.79 Å². The second kappa shape index (κ2) is 3.90. The lowest BCUT2D eigenvalue weighted by Crippen LogP contribution is -2.33. The van der Waals surface area contributed by atoms with Crippen LogP contribution in [0.25, 0.3) is 0 Å². The summed E-state index contributed by atoms with van der Waals surface area (Å²) in [4.78, 5) is 17.8. The maximum atomic E-state index is 11.7. The number of hydrogen-bond donors (Lipinski definition) is 1. The van der Waals surface area contributed by atoms with Gasteiger partial charge in [0, 0.05) is 11.9 Å². The summed E-state index contributed by atoms with van der Waals surface area (Å²) >= 11 is 1.52. The monoisotopic (exact) mass is 225 g/mol. The normalized spacial score (nSPS) is 21.7. The van der Waals surface area contributed by atoms with E-state index in [0.717, 1.165) is 17.2 Å². The maximum Gasteiger partial charge on any atom is 0.245 e. The number of rotatable bonds is 2. The van der Waals surface area contributed by atoms with E-state index in [2.05, 4.69) is 18.8 Å². The van der Waals surface area contributed by atoms with E-state index in [9.17, 15) is 4.79 Å². The van der Waals surface area contributed by atoms with Gasteiger partial charge >= 0.3 is 0 Å². The van der Waals surface area contributed by atoms with Gasteiger partial charge in [-0.15, -0.1) is 11.3 Å². The minimum atomic E-state index is -0.337. The molecule has 1 fully saturated rings. The molecular formula is C10H15N3OS. The summed E-state index contributed by atoms with van der Waals surface area (Å²) in [6.07, 6.45) is 0.732. The molecule has 5 heteroatoms. The van der Waals surface area contributed by atoms with Crippen LogP contribution in [0.4, 0.5) is 5.13 Å². The lowest BCUT2D eigenvalue weighted by atomic mass is 10.2. The zero-order chi connectivity index (χ0) is 11.0. The highest BCUT2D eigenvalue weighted by Crippen LogP contribution is 2.27. The summed E-state index contributed by atoms with van der Waals surface area (Å²) in [5.74, 6) is 0.404. The standard InChI is InChI=1S/C10H15N3OS/c1-6(2)8-5-15-10(12-8)13-4-3-7(11)9(13)14/h5-7H,3-4,11H2,1-2H3. The van der Waals surface area contributed by atoms with Crippen molar-refractivity contribution in [1.82, 2.24) is 4.98 Å². The SMILES string of the molecule is CC(C)c1csc(N2CCC(N)C2=O)n1. The quantitative estimate of drug-likeness (QED) is 0.826. The molecule has 1 aromatic heterocycles. The van der Waals surface area contributed by atoms with Crippen LogP contribution >= 0.6 is 11.3 Å². The van der Waals surface area contributed by atoms with Gasteiger partial charge in [-0.2, -0.15) is 0 Å². The molecule has 2 N–H and O–H groups in total. The molecule has 0 bridgehead atoms. The Bertz CT molecular complexity index is 374. The Hall–Kier alpha value is -0.940. The highest BCUT2D eigenvalue weighted by Gasteiger charge is 2.31. The number of carbonyl (C=O) groups is 1. The molecule has 0 aliphatic carbocycles. The Morgan fingerprint density at radius 3 is 2.87 bits per heavy atom. The summed E-state index contributed by atoms with van der Waals surface area (Å²) < 4.78 is 0. The van der Waals surface area contributed by atoms with Crippen LogP contribution in [0.15, 0.2) is 5.38 Å². The highest BCUT2D eigenvalue weighted by atomic mass is 32.1. The van der Waals surface area contributed by atoms with E-state index in [0.29, 0.717) is 12.5 Å². The van der Waals surface area contributed by atoms with Crippen LogP contribution in [0.1, 0.15) is 31.9 Å². The van der Waals surface area contributed by atoms with Crippen LogP contribution in [0.5, 0.6) is 0 Å². The molecule has 1 aliphatic heterocycles. The predicted molar refractivity (Wildman–Crippen MR) is 61.1 cm³/mol. The molecule has 82 valence electrons. The average molecular weight is 225 g/mol. The maximum absolute atomic E-state index is 11.7. The molecule has 0 radical (unpaired) electrons. The number of thiazole rings is 1. The first-order valence-electron chi connectivity index (χ1n) is 5.12. The van der Waals surface area contributed by atoms with Crippen molar-refractivity contribution in [2.45, 2.75) is 32.2 Å². The molecule has 1 atom stereocenters. The van der Waals surface area contributed by atoms with E-state index < -0.39 is 0 Å². The van der Waals surface area contributed by atoms with Gasteiger partial charge in [0.2, 0.25) is 5.91 Å². The summed E-state index contributed by atoms with van der Waals surface area (Å²) in [6.45, 7) is 4.89. The molecule has 0 spiro atoms. The zero-order valence-electron chi connectivity index (χ0n) is 8.93. The van der Waals surface area contributed by atoms with E-state index in [-0.39, 0.29) is 11.9 Å². The number of nitrogens with zero attached hydrogens (tertiary/aromatic N) is 2. The van der Waals surface area contributed by atoms with Gasteiger partial charge in [-0.05, 0) is 12.3 Å². The topological polar surface area (TPSA) is 59.2 Å². The van der Waals surface area contributed by atoms with E-state index in [1.165, 1.54) is 11.3 Å². The number of nitrogens with two attached hydrogens (primary N) is 1. The number of amides is 1. The lowest BCUT2D eigenvalue weighted by molar-refractivity contribution is -0.118. The second-order valence-corrected chi connectivity index (χ2v) is 4.93. The van der Waals surface area contributed by atoms with Crippen molar-refractivity contribution in [1.29, 1.82) is 0 Å². The van der Waals surface area contributed by atoms with Gasteiger partial charge in [0.25, 0.3) is 0 Å². The molecule has 0 aromatic carbocycles. The van der Waals surface area contributed by atoms with E-state index in [4.69, 9.17) is 5.73 Å². The average Bonchev–Trinajstić information content (AvgIpc) is 2.76. The van der Waals surface area contributed by atoms with Gasteiger partial charge in [0.05, 0.1) is 11.7 Å². The fourth-order valence-corrected chi connectivity index (χ4v) is 2.57. The minimum absolute atomic E-state index is 0.000318. The largest absolute Gasteiger partial charge is 0.320 e. The van der Waals surface area contributed by atoms with Crippen LogP contribution < -0.4 is 10.6 Å². The van der Waals surface area contributed by atoms with Gasteiger partial charge in [-0.25, -0.2) is 4.98 Å². The molecule has 1 aliphatic rings. The van der Waals surface area contributed by atoms with Crippen LogP contribution in [0.3, 0.4) is 0 Å². The Morgan fingerprint density at radius 2 is 2.40 bits per heavy atom. The number of aromatic nitrogens is 1. The zero-order valence-corrected chi connectivity index (χ0v) is 9.75. The van der Waals surface area contributed by atoms with Crippen molar-refractivity contribution in [2.75, 3.05) is 11.4 Å². The molecule has 2 heterocycles. The molecule has 0 saturated carbocycles. The third-order valence-corrected chi connectivity index (χ3v) is 3.46. The van der Waals surface area contributed by atoms with Gasteiger partial charge in [0.15, 0.2) is 5.13 Å². The Balaban J connectivity index is 2.20. The van der Waals surface area contributed by atoms with Crippen molar-refractivity contribution < 1.29 is 4.79 Å². The van der Waals surface area contributed by atoms with Crippen molar-refractivity contribution in [3.8, 4) is 0 Å². The van der Waals surface area contributed by atoms with E-state index >= 15 is 0 Å². The van der Waals surface area contributed by atoms with Crippen molar-refractivity contribution in [3.63, 3.8) is 0 Å². The van der Waals surface area contributed by atoms with Gasteiger partial charge in [-0.1, -0.05) is 13.8 Å². The molecule has 1 amide bonds. The van der Waals surface area contributed by atoms with E-state index in [1.807, 2.05) is 5.38 Å². The van der Waals surface area contributed by atoms with Crippen LogP contribution in [0, 0.1) is 0 Å². The van der Waals surface area contributed by atoms with Crippen molar-refractivity contribution in [2.24, 2.45) is 5.73 Å². The minimum Gasteiger partial charge on any atom is -0.320 e. The smallest absolute Gasteiger partial charge is 0.245 e. The number of carbonyl (C=O) groups excluding carboxylic acids is 1. The Labute approximate surface area is 93.1 Å². The van der Waals surface area contributed by atoms with Crippen LogP contribution in [-0.4, -0.2) is 23.5 Å². The molecule has 1 saturated heterocycles. The molecule has 1 unspecified atom stereocenters. The first-order chi connectivity index (χ1) is 7.09. The first kappa shape index (κ1) is 10.6. The highest BCUT2D eigenvalue weighted by molar-refractivity contribution is 7.14. The third-order valence-electron chi connectivity index (χ3n) is 2.58. The first-order valence-corrected chi connectivity index (χ1v) is 6.00. The summed E-state index contributed by atoms with van der Waals surface area (Å²) in [7, 11) is 0. The molecule has 15 heavy (non-hydrogen) atoms. The second-order valence-electron chi connectivity index (χ2n) is 4.09. The van der Waals surface area contributed by atoms with Gasteiger partial charge in [-0.3, -0.25) is 9.69 Å². The summed E-state index contributed by atoms with van der Waals surface area (Å²) in [5.41, 5.74) is 6.70. The molecular weight excluding hydrogens is 210 g/mol. The van der Waals surface area contributed by atoms with Crippen LogP contribution in [0.2, 0.25) is 0 Å². The fraction of sp³-hybridized carbons (Fsp3) is 0.600. The van der Waals surface area contributed by atoms with Crippen molar-refractivity contribution in [3.05, 3.63) is 11.1 Å². The number of hydrogen-bond acceptors (Lipinski definition) is 4. The predicted octanol–water partition coefficient (Wildman–Crippen LogP) is 1.33. The van der Waals surface area contributed by atoms with Gasteiger partial charge < -0.3 is 5.73 Å². The molecule has 1 aromatic rings. The van der Waals surface area contributed by atoms with Gasteiger partial charge in [0.1, 0.15) is 0 Å². The number of anilines is 1. The van der Waals surface area contributed by atoms with Crippen molar-refractivity contribution >= 4 is 22.4 Å². The summed E-state index contributed by atoms with van der Waals surface area (Å²) in [5, 5.41) is 2.80. The van der Waals surface area contributed by atoms with E-state index in [1.54, 1.807) is 4.90 Å². The Kier molecular flexibility index (Phi) is 2.75. The molecule has 4 nitrogen and oxygen atoms in total. The summed E-state index contributed by atoms with van der Waals surface area (Å²) in [6, 6.07) is -0.337. The lowest BCUT2D eigenvalue weighted by Gasteiger charge is -2.11. The molecule has 2 rings (SSSR count).